The summed E-state index contributed by atoms with van der Waals surface area (Å²) in [5.74, 6) is 1.54. The van der Waals surface area contributed by atoms with Crippen molar-refractivity contribution in [3.05, 3.63) is 23.2 Å². The fourth-order valence-electron chi connectivity index (χ4n) is 1.97. The molecule has 1 aromatic rings. The molecule has 2 aliphatic rings. The van der Waals surface area contributed by atoms with Gasteiger partial charge >= 0.3 is 5.97 Å². The largest absolute Gasteiger partial charge is 0.464 e. The first-order valence-corrected chi connectivity index (χ1v) is 6.63. The first-order chi connectivity index (χ1) is 9.19. The molecule has 5 nitrogen and oxygen atoms in total. The third-order valence-electron chi connectivity index (χ3n) is 3.47. The van der Waals surface area contributed by atoms with Crippen molar-refractivity contribution < 1.29 is 9.53 Å². The van der Waals surface area contributed by atoms with Crippen LogP contribution in [-0.2, 0) is 4.74 Å². The molecule has 0 amide bonds. The number of carbonyl (C=O) groups excluding carboxylic acids is 1. The summed E-state index contributed by atoms with van der Waals surface area (Å²) in [4.78, 5) is 20.5. The molecule has 19 heavy (non-hydrogen) atoms. The number of esters is 1. The summed E-state index contributed by atoms with van der Waals surface area (Å²) in [6.07, 6.45) is 8.46. The smallest absolute Gasteiger partial charge is 0.357 e. The van der Waals surface area contributed by atoms with Crippen LogP contribution in [0.25, 0.3) is 6.08 Å². The summed E-state index contributed by atoms with van der Waals surface area (Å²) >= 11 is 0. The zero-order valence-corrected chi connectivity index (χ0v) is 10.9. The first-order valence-electron chi connectivity index (χ1n) is 6.63. The van der Waals surface area contributed by atoms with Gasteiger partial charge in [-0.05, 0) is 31.6 Å². The van der Waals surface area contributed by atoms with E-state index in [9.17, 15) is 4.79 Å². The summed E-state index contributed by atoms with van der Waals surface area (Å²) in [5, 5.41) is 0. The first kappa shape index (κ1) is 12.1. The number of nitrogens with zero attached hydrogens (tertiary/aromatic N) is 2. The molecular formula is C14H17N3O2. The van der Waals surface area contributed by atoms with Crippen LogP contribution in [0.1, 0.15) is 53.5 Å². The van der Waals surface area contributed by atoms with Crippen LogP contribution in [0.15, 0.2) is 6.08 Å². The molecule has 0 radical (unpaired) electrons. The Kier molecular flexibility index (Phi) is 2.97. The lowest BCUT2D eigenvalue weighted by molar-refractivity contribution is 0.0593. The molecule has 0 aromatic carbocycles. The molecule has 100 valence electrons. The minimum atomic E-state index is -0.452. The average molecular weight is 259 g/mol. The molecule has 1 heterocycles. The van der Waals surface area contributed by atoms with E-state index in [2.05, 4.69) is 16.0 Å². The van der Waals surface area contributed by atoms with Crippen LogP contribution >= 0.6 is 0 Å². The van der Waals surface area contributed by atoms with Gasteiger partial charge in [0.1, 0.15) is 11.6 Å². The van der Waals surface area contributed by atoms with Crippen LogP contribution in [0, 0.1) is 5.92 Å². The van der Waals surface area contributed by atoms with Crippen LogP contribution in [0.4, 0.5) is 5.82 Å². The van der Waals surface area contributed by atoms with Crippen molar-refractivity contribution in [3.8, 4) is 0 Å². The normalized spacial score (nSPS) is 18.8. The number of rotatable bonds is 4. The van der Waals surface area contributed by atoms with Crippen molar-refractivity contribution in [1.29, 1.82) is 0 Å². The van der Waals surface area contributed by atoms with Gasteiger partial charge in [-0.15, -0.1) is 0 Å². The number of hydrogen-bond acceptors (Lipinski definition) is 5. The van der Waals surface area contributed by atoms with Gasteiger partial charge in [-0.2, -0.15) is 0 Å². The molecule has 3 rings (SSSR count). The molecule has 2 saturated carbocycles. The zero-order chi connectivity index (χ0) is 13.4. The number of nitrogen functional groups attached to an aromatic ring is 1. The van der Waals surface area contributed by atoms with Gasteiger partial charge in [0.05, 0.1) is 7.11 Å². The predicted octanol–water partition coefficient (Wildman–Crippen LogP) is 2.15. The van der Waals surface area contributed by atoms with E-state index in [4.69, 9.17) is 10.5 Å². The molecule has 2 aliphatic carbocycles. The highest BCUT2D eigenvalue weighted by Crippen LogP contribution is 2.39. The highest BCUT2D eigenvalue weighted by Gasteiger charge is 2.29. The lowest BCUT2D eigenvalue weighted by Gasteiger charge is -2.08. The third-order valence-corrected chi connectivity index (χ3v) is 3.47. The van der Waals surface area contributed by atoms with Crippen molar-refractivity contribution in [2.24, 2.45) is 5.92 Å². The second-order valence-electron chi connectivity index (χ2n) is 5.19. The van der Waals surface area contributed by atoms with Crippen LogP contribution < -0.4 is 5.73 Å². The number of nitrogens with two attached hydrogens (primary N) is 1. The molecule has 0 bridgehead atoms. The highest BCUT2D eigenvalue weighted by molar-refractivity contribution is 5.93. The lowest BCUT2D eigenvalue weighted by atomic mass is 10.1. The molecule has 5 heteroatoms. The van der Waals surface area contributed by atoms with E-state index in [1.807, 2.05) is 6.08 Å². The second-order valence-corrected chi connectivity index (χ2v) is 5.19. The van der Waals surface area contributed by atoms with Gasteiger partial charge in [0.25, 0.3) is 0 Å². The average Bonchev–Trinajstić information content (AvgIpc) is 3.28. The monoisotopic (exact) mass is 259 g/mol. The van der Waals surface area contributed by atoms with Crippen LogP contribution in [-0.4, -0.2) is 23.0 Å². The molecule has 0 aliphatic heterocycles. The van der Waals surface area contributed by atoms with Gasteiger partial charge in [0, 0.05) is 11.5 Å². The molecule has 0 spiro atoms. The summed E-state index contributed by atoms with van der Waals surface area (Å²) < 4.78 is 4.79. The predicted molar refractivity (Wildman–Crippen MR) is 71.5 cm³/mol. The van der Waals surface area contributed by atoms with Crippen LogP contribution in [0.5, 0.6) is 0 Å². The molecule has 0 atom stereocenters. The highest BCUT2D eigenvalue weighted by atomic mass is 16.5. The number of ether oxygens (including phenoxy) is 1. The Bertz CT molecular complexity index is 546. The van der Waals surface area contributed by atoms with Gasteiger partial charge in [0.2, 0.25) is 0 Å². The maximum absolute atomic E-state index is 11.8. The fraction of sp³-hybridized carbons (Fsp3) is 0.500. The molecule has 2 N–H and O–H groups in total. The molecular weight excluding hydrogens is 242 g/mol. The third kappa shape index (κ3) is 2.59. The number of carbonyl (C=O) groups is 1. The Labute approximate surface area is 111 Å². The van der Waals surface area contributed by atoms with E-state index in [0.29, 0.717) is 29.0 Å². The maximum atomic E-state index is 11.8. The quantitative estimate of drug-likeness (QED) is 0.838. The van der Waals surface area contributed by atoms with Crippen LogP contribution in [0.3, 0.4) is 0 Å². The Balaban J connectivity index is 2.00. The van der Waals surface area contributed by atoms with E-state index in [1.54, 1.807) is 0 Å². The molecule has 1 aromatic heterocycles. The van der Waals surface area contributed by atoms with Gasteiger partial charge in [-0.3, -0.25) is 0 Å². The van der Waals surface area contributed by atoms with Crippen molar-refractivity contribution in [3.63, 3.8) is 0 Å². The van der Waals surface area contributed by atoms with Gasteiger partial charge in [-0.1, -0.05) is 12.2 Å². The molecule has 2 fully saturated rings. The van der Waals surface area contributed by atoms with E-state index in [-0.39, 0.29) is 5.69 Å². The van der Waals surface area contributed by atoms with Crippen molar-refractivity contribution in [2.75, 3.05) is 12.8 Å². The number of aromatic nitrogens is 2. The minimum absolute atomic E-state index is 0.286. The summed E-state index contributed by atoms with van der Waals surface area (Å²) in [6.45, 7) is 0. The van der Waals surface area contributed by atoms with Crippen molar-refractivity contribution in [2.45, 2.75) is 31.6 Å². The van der Waals surface area contributed by atoms with Gasteiger partial charge in [-0.25, -0.2) is 14.8 Å². The van der Waals surface area contributed by atoms with E-state index in [1.165, 1.54) is 20.0 Å². The van der Waals surface area contributed by atoms with Gasteiger partial charge in [0.15, 0.2) is 5.69 Å². The van der Waals surface area contributed by atoms with Crippen molar-refractivity contribution in [1.82, 2.24) is 9.97 Å². The fourth-order valence-corrected chi connectivity index (χ4v) is 1.97. The standard InChI is InChI=1S/C14H17N3O2/c1-19-14(18)11-10(7-4-8-2-3-8)12(15)17-13(16-11)9-5-6-9/h4,7-9H,2-3,5-6H2,1H3,(H2,15,16,17). The number of allylic oxidation sites excluding steroid dienone is 1. The minimum Gasteiger partial charge on any atom is -0.464 e. The Morgan fingerprint density at radius 3 is 2.63 bits per heavy atom. The Morgan fingerprint density at radius 2 is 2.05 bits per heavy atom. The lowest BCUT2D eigenvalue weighted by Crippen LogP contribution is -2.13. The van der Waals surface area contributed by atoms with Crippen LogP contribution in [0.2, 0.25) is 0 Å². The Morgan fingerprint density at radius 1 is 1.32 bits per heavy atom. The van der Waals surface area contributed by atoms with Crippen molar-refractivity contribution >= 4 is 17.9 Å². The summed E-state index contributed by atoms with van der Waals surface area (Å²) in [6, 6.07) is 0. The number of anilines is 1. The SMILES string of the molecule is COC(=O)c1nc(C2CC2)nc(N)c1C=CC1CC1. The zero-order valence-electron chi connectivity index (χ0n) is 10.9. The van der Waals surface area contributed by atoms with E-state index in [0.717, 1.165) is 12.8 Å². The summed E-state index contributed by atoms with van der Waals surface area (Å²) in [7, 11) is 1.35. The maximum Gasteiger partial charge on any atom is 0.357 e. The topological polar surface area (TPSA) is 78.1 Å². The van der Waals surface area contributed by atoms with E-state index < -0.39 is 5.97 Å². The number of hydrogen-bond donors (Lipinski definition) is 1. The number of methoxy groups -OCH3 is 1. The Hall–Kier alpha value is -1.91. The van der Waals surface area contributed by atoms with Gasteiger partial charge < -0.3 is 10.5 Å². The second kappa shape index (κ2) is 4.64. The van der Waals surface area contributed by atoms with E-state index >= 15 is 0 Å². The summed E-state index contributed by atoms with van der Waals surface area (Å²) in [5.41, 5.74) is 6.85. The molecule has 0 unspecified atom stereocenters. The molecule has 0 saturated heterocycles.